The van der Waals surface area contributed by atoms with Crippen LogP contribution in [-0.2, 0) is 0 Å². The van der Waals surface area contributed by atoms with Gasteiger partial charge in [-0.05, 0) is 25.2 Å². The fourth-order valence-corrected chi connectivity index (χ4v) is 1.88. The summed E-state index contributed by atoms with van der Waals surface area (Å²) in [5.74, 6) is 1.74. The van der Waals surface area contributed by atoms with Crippen LogP contribution in [0.15, 0.2) is 12.2 Å². The van der Waals surface area contributed by atoms with Crippen LogP contribution in [0, 0.1) is 11.8 Å². The molecule has 1 saturated carbocycles. The van der Waals surface area contributed by atoms with Gasteiger partial charge in [-0.3, -0.25) is 0 Å². The molecule has 0 heterocycles. The number of hydrogen-bond acceptors (Lipinski definition) is 0. The quantitative estimate of drug-likeness (QED) is 0.471. The molecule has 0 aromatic rings. The molecule has 0 aromatic heterocycles. The lowest BCUT2D eigenvalue weighted by atomic mass is 9.92. The van der Waals surface area contributed by atoms with Crippen molar-refractivity contribution in [3.8, 4) is 0 Å². The van der Waals surface area contributed by atoms with Gasteiger partial charge < -0.3 is 0 Å². The van der Waals surface area contributed by atoms with Crippen LogP contribution in [0.4, 0.5) is 0 Å². The predicted octanol–water partition coefficient (Wildman–Crippen LogP) is 3.00. The molecule has 0 unspecified atom stereocenters. The SMILES string of the molecule is C=C(C)[C@H]1CCC[C@H]1C. The van der Waals surface area contributed by atoms with Crippen molar-refractivity contribution in [2.75, 3.05) is 0 Å². The highest BCUT2D eigenvalue weighted by Gasteiger charge is 2.22. The maximum Gasteiger partial charge on any atom is -0.0183 e. The fraction of sp³-hybridized carbons (Fsp3) is 0.778. The van der Waals surface area contributed by atoms with Crippen molar-refractivity contribution in [3.63, 3.8) is 0 Å². The zero-order valence-electron chi connectivity index (χ0n) is 6.48. The minimum Gasteiger partial charge on any atom is -0.0999 e. The lowest BCUT2D eigenvalue weighted by Gasteiger charge is -2.13. The second-order valence-corrected chi connectivity index (χ2v) is 3.36. The van der Waals surface area contributed by atoms with Crippen LogP contribution in [0.3, 0.4) is 0 Å². The standard InChI is InChI=1S/C9H16/c1-7(2)9-6-4-5-8(9)3/h8-9H,1,4-6H2,2-3H3/t8-,9-/m1/s1. The zero-order chi connectivity index (χ0) is 6.85. The van der Waals surface area contributed by atoms with Gasteiger partial charge in [-0.15, -0.1) is 0 Å². The van der Waals surface area contributed by atoms with E-state index in [0.29, 0.717) is 0 Å². The van der Waals surface area contributed by atoms with Gasteiger partial charge in [0.15, 0.2) is 0 Å². The van der Waals surface area contributed by atoms with E-state index in [1.165, 1.54) is 24.8 Å². The van der Waals surface area contributed by atoms with Gasteiger partial charge >= 0.3 is 0 Å². The van der Waals surface area contributed by atoms with Gasteiger partial charge in [0.1, 0.15) is 0 Å². The summed E-state index contributed by atoms with van der Waals surface area (Å²) in [6, 6.07) is 0. The third kappa shape index (κ3) is 1.35. The summed E-state index contributed by atoms with van der Waals surface area (Å²) in [4.78, 5) is 0. The number of rotatable bonds is 1. The molecule has 0 bridgehead atoms. The first-order valence-electron chi connectivity index (χ1n) is 3.87. The molecule has 1 aliphatic rings. The number of allylic oxidation sites excluding steroid dienone is 1. The molecule has 0 aromatic carbocycles. The van der Waals surface area contributed by atoms with Crippen molar-refractivity contribution in [1.29, 1.82) is 0 Å². The molecule has 0 radical (unpaired) electrons. The largest absolute Gasteiger partial charge is 0.0999 e. The van der Waals surface area contributed by atoms with Crippen LogP contribution in [0.25, 0.3) is 0 Å². The van der Waals surface area contributed by atoms with Crippen molar-refractivity contribution in [3.05, 3.63) is 12.2 Å². The van der Waals surface area contributed by atoms with Crippen molar-refractivity contribution in [2.45, 2.75) is 33.1 Å². The summed E-state index contributed by atoms with van der Waals surface area (Å²) < 4.78 is 0. The van der Waals surface area contributed by atoms with E-state index in [4.69, 9.17) is 0 Å². The molecule has 1 rings (SSSR count). The fourth-order valence-electron chi connectivity index (χ4n) is 1.88. The van der Waals surface area contributed by atoms with Gasteiger partial charge in [0, 0.05) is 0 Å². The Labute approximate surface area is 58.0 Å². The molecule has 0 nitrogen and oxygen atoms in total. The Balaban J connectivity index is 2.49. The van der Waals surface area contributed by atoms with E-state index in [0.717, 1.165) is 11.8 Å². The van der Waals surface area contributed by atoms with Gasteiger partial charge in [-0.2, -0.15) is 0 Å². The van der Waals surface area contributed by atoms with E-state index in [2.05, 4.69) is 20.4 Å². The Morgan fingerprint density at radius 2 is 2.11 bits per heavy atom. The zero-order valence-corrected chi connectivity index (χ0v) is 6.48. The summed E-state index contributed by atoms with van der Waals surface area (Å²) in [6.07, 6.45) is 4.22. The Morgan fingerprint density at radius 1 is 1.44 bits per heavy atom. The highest BCUT2D eigenvalue weighted by Crippen LogP contribution is 2.35. The molecule has 52 valence electrons. The second-order valence-electron chi connectivity index (χ2n) is 3.36. The second kappa shape index (κ2) is 2.55. The van der Waals surface area contributed by atoms with Crippen LogP contribution in [-0.4, -0.2) is 0 Å². The van der Waals surface area contributed by atoms with Crippen molar-refractivity contribution < 1.29 is 0 Å². The Hall–Kier alpha value is -0.260. The summed E-state index contributed by atoms with van der Waals surface area (Å²) in [6.45, 7) is 8.49. The third-order valence-electron chi connectivity index (χ3n) is 2.49. The summed E-state index contributed by atoms with van der Waals surface area (Å²) in [5.41, 5.74) is 1.39. The minimum absolute atomic E-state index is 0.838. The summed E-state index contributed by atoms with van der Waals surface area (Å²) >= 11 is 0. The highest BCUT2D eigenvalue weighted by molar-refractivity contribution is 5.00. The molecule has 1 aliphatic carbocycles. The molecule has 2 atom stereocenters. The molecule has 9 heavy (non-hydrogen) atoms. The van der Waals surface area contributed by atoms with E-state index in [1.54, 1.807) is 0 Å². The van der Waals surface area contributed by atoms with E-state index >= 15 is 0 Å². The molecule has 0 N–H and O–H groups in total. The van der Waals surface area contributed by atoms with Gasteiger partial charge in [0.25, 0.3) is 0 Å². The monoisotopic (exact) mass is 124 g/mol. The van der Waals surface area contributed by atoms with E-state index in [1.807, 2.05) is 0 Å². The van der Waals surface area contributed by atoms with Crippen molar-refractivity contribution in [2.24, 2.45) is 11.8 Å². The number of hydrogen-bond donors (Lipinski definition) is 0. The lowest BCUT2D eigenvalue weighted by Crippen LogP contribution is -2.03. The molecule has 0 spiro atoms. The predicted molar refractivity (Wildman–Crippen MR) is 41.3 cm³/mol. The first-order chi connectivity index (χ1) is 4.22. The van der Waals surface area contributed by atoms with Crippen molar-refractivity contribution >= 4 is 0 Å². The van der Waals surface area contributed by atoms with Gasteiger partial charge in [0.2, 0.25) is 0 Å². The normalized spacial score (nSPS) is 34.9. The van der Waals surface area contributed by atoms with Gasteiger partial charge in [0.05, 0.1) is 0 Å². The van der Waals surface area contributed by atoms with Gasteiger partial charge in [-0.1, -0.05) is 31.9 Å². The van der Waals surface area contributed by atoms with E-state index < -0.39 is 0 Å². The Kier molecular flexibility index (Phi) is 1.94. The topological polar surface area (TPSA) is 0 Å². The molecule has 0 saturated heterocycles. The Morgan fingerprint density at radius 3 is 2.33 bits per heavy atom. The van der Waals surface area contributed by atoms with Crippen LogP contribution in [0.1, 0.15) is 33.1 Å². The minimum atomic E-state index is 0.838. The van der Waals surface area contributed by atoms with Crippen molar-refractivity contribution in [1.82, 2.24) is 0 Å². The average Bonchev–Trinajstić information content (AvgIpc) is 2.13. The van der Waals surface area contributed by atoms with Crippen LogP contribution in [0.5, 0.6) is 0 Å². The van der Waals surface area contributed by atoms with E-state index in [9.17, 15) is 0 Å². The van der Waals surface area contributed by atoms with Crippen LogP contribution < -0.4 is 0 Å². The van der Waals surface area contributed by atoms with Crippen LogP contribution >= 0.6 is 0 Å². The van der Waals surface area contributed by atoms with E-state index in [-0.39, 0.29) is 0 Å². The summed E-state index contributed by atoms with van der Waals surface area (Å²) in [7, 11) is 0. The van der Waals surface area contributed by atoms with Crippen LogP contribution in [0.2, 0.25) is 0 Å². The molecular weight excluding hydrogens is 108 g/mol. The molecule has 0 heteroatoms. The first-order valence-corrected chi connectivity index (χ1v) is 3.87. The molecule has 1 fully saturated rings. The highest BCUT2D eigenvalue weighted by atomic mass is 14.3. The maximum absolute atomic E-state index is 3.99. The van der Waals surface area contributed by atoms with Gasteiger partial charge in [-0.25, -0.2) is 0 Å². The molecule has 0 aliphatic heterocycles. The maximum atomic E-state index is 3.99. The first kappa shape index (κ1) is 6.85. The average molecular weight is 124 g/mol. The molecular formula is C9H16. The molecule has 0 amide bonds. The lowest BCUT2D eigenvalue weighted by molar-refractivity contribution is 0.481. The smallest absolute Gasteiger partial charge is 0.0183 e. The Bertz CT molecular complexity index is 113. The summed E-state index contributed by atoms with van der Waals surface area (Å²) in [5, 5.41) is 0. The third-order valence-corrected chi connectivity index (χ3v) is 2.49.